The lowest BCUT2D eigenvalue weighted by Crippen LogP contribution is -2.49. The molecule has 0 N–H and O–H groups in total. The third kappa shape index (κ3) is 4.90. The normalized spacial score (nSPS) is 15.1. The third-order valence-corrected chi connectivity index (χ3v) is 5.31. The van der Waals surface area contributed by atoms with Crippen molar-refractivity contribution in [2.45, 2.75) is 5.03 Å². The predicted molar refractivity (Wildman–Crippen MR) is 105 cm³/mol. The minimum absolute atomic E-state index is 0.0690. The topological polar surface area (TPSA) is 45.7 Å². The molecule has 1 aromatic heterocycles. The van der Waals surface area contributed by atoms with Crippen LogP contribution in [0, 0.1) is 0 Å². The van der Waals surface area contributed by atoms with E-state index in [0.717, 1.165) is 43.5 Å². The molecule has 5 nitrogen and oxygen atoms in total. The van der Waals surface area contributed by atoms with Gasteiger partial charge in [0, 0.05) is 43.9 Å². The molecule has 2 heterocycles. The molecular formula is C19H22ClN3O2S. The Labute approximate surface area is 163 Å². The second kappa shape index (κ2) is 9.26. The average Bonchev–Trinajstić information content (AvgIpc) is 2.69. The Morgan fingerprint density at radius 2 is 1.92 bits per heavy atom. The molecule has 2 aromatic rings. The summed E-state index contributed by atoms with van der Waals surface area (Å²) in [4.78, 5) is 21.2. The average molecular weight is 392 g/mol. The molecule has 0 bridgehead atoms. The van der Waals surface area contributed by atoms with Crippen LogP contribution in [0.2, 0.25) is 5.02 Å². The molecule has 1 amide bonds. The summed E-state index contributed by atoms with van der Waals surface area (Å²) in [5.74, 6) is 0.893. The van der Waals surface area contributed by atoms with Crippen molar-refractivity contribution < 1.29 is 9.53 Å². The summed E-state index contributed by atoms with van der Waals surface area (Å²) >= 11 is 7.37. The van der Waals surface area contributed by atoms with E-state index in [1.165, 1.54) is 11.8 Å². The van der Waals surface area contributed by atoms with E-state index in [2.05, 4.69) is 9.88 Å². The molecule has 1 aromatic carbocycles. The lowest BCUT2D eigenvalue weighted by atomic mass is 10.2. The van der Waals surface area contributed by atoms with Crippen molar-refractivity contribution in [1.82, 2.24) is 14.8 Å². The first-order valence-corrected chi connectivity index (χ1v) is 10.2. The van der Waals surface area contributed by atoms with Gasteiger partial charge in [0.05, 0.1) is 5.56 Å². The molecule has 1 fully saturated rings. The smallest absolute Gasteiger partial charge is 0.256 e. The van der Waals surface area contributed by atoms with Gasteiger partial charge in [-0.15, -0.1) is 11.8 Å². The van der Waals surface area contributed by atoms with Gasteiger partial charge in [0.2, 0.25) is 0 Å². The molecule has 1 aliphatic rings. The van der Waals surface area contributed by atoms with Gasteiger partial charge in [-0.25, -0.2) is 4.98 Å². The third-order valence-electron chi connectivity index (χ3n) is 4.34. The highest BCUT2D eigenvalue weighted by Gasteiger charge is 2.23. The van der Waals surface area contributed by atoms with Gasteiger partial charge in [-0.05, 0) is 42.7 Å². The van der Waals surface area contributed by atoms with Gasteiger partial charge < -0.3 is 9.64 Å². The molecule has 138 valence electrons. The van der Waals surface area contributed by atoms with Crippen LogP contribution in [0.1, 0.15) is 10.4 Å². The van der Waals surface area contributed by atoms with Crippen LogP contribution in [0.4, 0.5) is 0 Å². The molecule has 0 atom stereocenters. The first kappa shape index (κ1) is 19.0. The molecule has 0 unspecified atom stereocenters. The number of rotatable bonds is 6. The fourth-order valence-corrected chi connectivity index (χ4v) is 3.55. The monoisotopic (exact) mass is 391 g/mol. The Balaban J connectivity index is 1.45. The maximum atomic E-state index is 12.7. The number of aromatic nitrogens is 1. The maximum Gasteiger partial charge on any atom is 0.256 e. The van der Waals surface area contributed by atoms with E-state index in [-0.39, 0.29) is 5.91 Å². The van der Waals surface area contributed by atoms with Crippen molar-refractivity contribution in [2.75, 3.05) is 45.6 Å². The number of hydrogen-bond acceptors (Lipinski definition) is 5. The number of nitrogens with zero attached hydrogens (tertiary/aromatic N) is 3. The first-order valence-electron chi connectivity index (χ1n) is 8.56. The number of carbonyl (C=O) groups excluding carboxylic acids is 1. The number of halogens is 1. The van der Waals surface area contributed by atoms with Crippen LogP contribution in [0.25, 0.3) is 0 Å². The number of benzene rings is 1. The zero-order valence-electron chi connectivity index (χ0n) is 14.7. The number of ether oxygens (including phenoxy) is 1. The summed E-state index contributed by atoms with van der Waals surface area (Å²) in [5.41, 5.74) is 0.694. The summed E-state index contributed by atoms with van der Waals surface area (Å²) in [6.45, 7) is 4.61. The lowest BCUT2D eigenvalue weighted by Gasteiger charge is -2.34. The lowest BCUT2D eigenvalue weighted by molar-refractivity contribution is 0.0616. The molecule has 3 rings (SSSR count). The van der Waals surface area contributed by atoms with Gasteiger partial charge in [0.25, 0.3) is 5.91 Å². The molecule has 0 radical (unpaired) electrons. The van der Waals surface area contributed by atoms with Crippen molar-refractivity contribution >= 4 is 29.3 Å². The van der Waals surface area contributed by atoms with E-state index >= 15 is 0 Å². The second-order valence-electron chi connectivity index (χ2n) is 6.00. The standard InChI is InChI=1S/C19H22ClN3O2S/c1-26-18-17(3-2-8-21-18)19(24)23-11-9-22(10-12-23)13-14-25-16-6-4-15(20)5-7-16/h2-8H,9-14H2,1H3. The van der Waals surface area contributed by atoms with Gasteiger partial charge in [-0.1, -0.05) is 11.6 Å². The molecule has 26 heavy (non-hydrogen) atoms. The van der Waals surface area contributed by atoms with Gasteiger partial charge in [0.15, 0.2) is 0 Å². The molecule has 7 heteroatoms. The maximum absolute atomic E-state index is 12.7. The molecule has 0 spiro atoms. The highest BCUT2D eigenvalue weighted by Crippen LogP contribution is 2.19. The van der Waals surface area contributed by atoms with Crippen LogP contribution in [-0.4, -0.2) is 66.3 Å². The van der Waals surface area contributed by atoms with E-state index in [0.29, 0.717) is 17.2 Å². The fraction of sp³-hybridized carbons (Fsp3) is 0.368. The zero-order chi connectivity index (χ0) is 18.4. The first-order chi connectivity index (χ1) is 12.7. The van der Waals surface area contributed by atoms with Crippen molar-refractivity contribution in [2.24, 2.45) is 0 Å². The van der Waals surface area contributed by atoms with Crippen LogP contribution >= 0.6 is 23.4 Å². The number of hydrogen-bond donors (Lipinski definition) is 0. The largest absolute Gasteiger partial charge is 0.492 e. The van der Waals surface area contributed by atoms with E-state index < -0.39 is 0 Å². The van der Waals surface area contributed by atoms with Gasteiger partial charge in [-0.3, -0.25) is 9.69 Å². The van der Waals surface area contributed by atoms with Crippen LogP contribution in [0.5, 0.6) is 5.75 Å². The SMILES string of the molecule is CSc1ncccc1C(=O)N1CCN(CCOc2ccc(Cl)cc2)CC1. The molecule has 0 aliphatic carbocycles. The Morgan fingerprint density at radius 3 is 2.62 bits per heavy atom. The van der Waals surface area contributed by atoms with Crippen LogP contribution in [0.15, 0.2) is 47.6 Å². The summed E-state index contributed by atoms with van der Waals surface area (Å²) in [5, 5.41) is 1.49. The molecule has 1 aliphatic heterocycles. The molecule has 1 saturated heterocycles. The Hall–Kier alpha value is -1.76. The number of piperazine rings is 1. The quantitative estimate of drug-likeness (QED) is 0.707. The number of amides is 1. The van der Waals surface area contributed by atoms with Crippen LogP contribution < -0.4 is 4.74 Å². The Kier molecular flexibility index (Phi) is 6.77. The number of pyridine rings is 1. The summed E-state index contributed by atoms with van der Waals surface area (Å²) in [6, 6.07) is 11.1. The van der Waals surface area contributed by atoms with E-state index in [1.807, 2.05) is 47.6 Å². The summed E-state index contributed by atoms with van der Waals surface area (Å²) < 4.78 is 5.75. The number of carbonyl (C=O) groups is 1. The van der Waals surface area contributed by atoms with Crippen molar-refractivity contribution in [3.05, 3.63) is 53.2 Å². The zero-order valence-corrected chi connectivity index (χ0v) is 16.3. The number of thioether (sulfide) groups is 1. The van der Waals surface area contributed by atoms with Crippen LogP contribution in [0.3, 0.4) is 0 Å². The Bertz CT molecular complexity index is 734. The fourth-order valence-electron chi connectivity index (χ4n) is 2.88. The highest BCUT2D eigenvalue weighted by molar-refractivity contribution is 7.98. The van der Waals surface area contributed by atoms with Gasteiger partial charge >= 0.3 is 0 Å². The van der Waals surface area contributed by atoms with Gasteiger partial charge in [-0.2, -0.15) is 0 Å². The highest BCUT2D eigenvalue weighted by atomic mass is 35.5. The minimum atomic E-state index is 0.0690. The van der Waals surface area contributed by atoms with Crippen LogP contribution in [-0.2, 0) is 0 Å². The van der Waals surface area contributed by atoms with E-state index in [9.17, 15) is 4.79 Å². The summed E-state index contributed by atoms with van der Waals surface area (Å²) in [7, 11) is 0. The Morgan fingerprint density at radius 1 is 1.19 bits per heavy atom. The molecule has 0 saturated carbocycles. The predicted octanol–water partition coefficient (Wildman–Crippen LogP) is 3.29. The van der Waals surface area contributed by atoms with E-state index in [4.69, 9.17) is 16.3 Å². The summed E-state index contributed by atoms with van der Waals surface area (Å²) in [6.07, 6.45) is 3.67. The van der Waals surface area contributed by atoms with Gasteiger partial charge in [0.1, 0.15) is 17.4 Å². The van der Waals surface area contributed by atoms with Crippen molar-refractivity contribution in [3.63, 3.8) is 0 Å². The van der Waals surface area contributed by atoms with Crippen molar-refractivity contribution in [3.8, 4) is 5.75 Å². The second-order valence-corrected chi connectivity index (χ2v) is 7.23. The minimum Gasteiger partial charge on any atom is -0.492 e. The molecular weight excluding hydrogens is 370 g/mol. The van der Waals surface area contributed by atoms with E-state index in [1.54, 1.807) is 6.20 Å². The van der Waals surface area contributed by atoms with Crippen molar-refractivity contribution in [1.29, 1.82) is 0 Å².